The van der Waals surface area contributed by atoms with Crippen molar-refractivity contribution in [3.05, 3.63) is 21.2 Å². The van der Waals surface area contributed by atoms with Crippen molar-refractivity contribution in [2.75, 3.05) is 66.8 Å². The largest absolute Gasteiger partial charge is 0.465 e. The topological polar surface area (TPSA) is 77.5 Å². The van der Waals surface area contributed by atoms with Crippen LogP contribution < -0.4 is 0 Å². The van der Waals surface area contributed by atoms with Gasteiger partial charge in [-0.15, -0.1) is 0 Å². The van der Waals surface area contributed by atoms with Crippen molar-refractivity contribution >= 4 is 33.5 Å². The zero-order chi connectivity index (χ0) is 18.5. The summed E-state index contributed by atoms with van der Waals surface area (Å²) in [5.41, 5.74) is 0.540. The van der Waals surface area contributed by atoms with E-state index in [1.807, 2.05) is 0 Å². The molecular weight excluding hydrogens is 380 g/mol. The van der Waals surface area contributed by atoms with Crippen LogP contribution >= 0.6 is 21.6 Å². The van der Waals surface area contributed by atoms with Crippen molar-refractivity contribution in [1.82, 2.24) is 9.80 Å². The predicted molar refractivity (Wildman–Crippen MR) is 98.1 cm³/mol. The highest BCUT2D eigenvalue weighted by Crippen LogP contribution is 2.49. The predicted octanol–water partition coefficient (Wildman–Crippen LogP) is 0.815. The van der Waals surface area contributed by atoms with Crippen LogP contribution in [0.2, 0.25) is 0 Å². The summed E-state index contributed by atoms with van der Waals surface area (Å²) >= 11 is 0. The van der Waals surface area contributed by atoms with Crippen molar-refractivity contribution in [3.63, 3.8) is 0 Å². The van der Waals surface area contributed by atoms with Crippen LogP contribution in [0.4, 0.5) is 0 Å². The molecular formula is C16H22N2O6S2. The van der Waals surface area contributed by atoms with Gasteiger partial charge >= 0.3 is 11.9 Å². The number of rotatable bonds is 4. The van der Waals surface area contributed by atoms with Gasteiger partial charge in [-0.05, 0) is 21.6 Å². The summed E-state index contributed by atoms with van der Waals surface area (Å²) in [6.45, 7) is 4.95. The fourth-order valence-electron chi connectivity index (χ4n) is 2.91. The molecule has 0 amide bonds. The molecule has 0 atom stereocenters. The molecule has 0 unspecified atom stereocenters. The van der Waals surface area contributed by atoms with Crippen LogP contribution in [-0.4, -0.2) is 88.6 Å². The van der Waals surface area contributed by atoms with Crippen molar-refractivity contribution in [1.29, 1.82) is 0 Å². The number of hydrogen-bond donors (Lipinski definition) is 0. The minimum atomic E-state index is -0.537. The third kappa shape index (κ3) is 3.98. The number of carbonyl (C=O) groups excluding carboxylic acids is 2. The molecule has 0 saturated carbocycles. The Labute approximate surface area is 160 Å². The quantitative estimate of drug-likeness (QED) is 0.498. The van der Waals surface area contributed by atoms with Crippen LogP contribution in [0.15, 0.2) is 21.2 Å². The number of hydrogen-bond acceptors (Lipinski definition) is 10. The standard InChI is InChI=1S/C16H22N2O6S2/c1-21-15(19)11-12(16(20)22-2)14(18-5-9-24-10-6-18)26-25-13(11)17-3-7-23-8-4-17/h3-10H2,1-2H3. The first-order chi connectivity index (χ1) is 12.7. The summed E-state index contributed by atoms with van der Waals surface area (Å²) in [7, 11) is 5.59. The van der Waals surface area contributed by atoms with Gasteiger partial charge < -0.3 is 28.7 Å². The number of morpholine rings is 2. The molecule has 26 heavy (non-hydrogen) atoms. The minimum Gasteiger partial charge on any atom is -0.465 e. The SMILES string of the molecule is COC(=O)C1=C(N2CCOCC2)SSC(N2CCOCC2)=C1C(=O)OC. The fourth-order valence-corrected chi connectivity index (χ4v) is 5.79. The molecule has 10 heteroatoms. The van der Waals surface area contributed by atoms with E-state index in [2.05, 4.69) is 9.80 Å². The van der Waals surface area contributed by atoms with Gasteiger partial charge in [0.2, 0.25) is 0 Å². The summed E-state index contributed by atoms with van der Waals surface area (Å²) in [5.74, 6) is -1.07. The molecule has 3 heterocycles. The van der Waals surface area contributed by atoms with Crippen molar-refractivity contribution < 1.29 is 28.5 Å². The zero-order valence-electron chi connectivity index (χ0n) is 14.8. The highest BCUT2D eigenvalue weighted by Gasteiger charge is 2.38. The van der Waals surface area contributed by atoms with Gasteiger partial charge in [0.1, 0.15) is 11.1 Å². The maximum atomic E-state index is 12.6. The second-order valence-electron chi connectivity index (χ2n) is 5.71. The molecule has 0 aromatic carbocycles. The summed E-state index contributed by atoms with van der Waals surface area (Å²) < 4.78 is 20.8. The third-order valence-corrected chi connectivity index (χ3v) is 6.77. The molecule has 144 valence electrons. The van der Waals surface area contributed by atoms with Crippen molar-refractivity contribution in [2.24, 2.45) is 0 Å². The summed E-state index contributed by atoms with van der Waals surface area (Å²) in [4.78, 5) is 29.4. The Morgan fingerprint density at radius 3 is 1.42 bits per heavy atom. The molecule has 0 aliphatic carbocycles. The summed E-state index contributed by atoms with van der Waals surface area (Å²) in [5, 5.41) is 1.45. The Kier molecular flexibility index (Phi) is 6.74. The second kappa shape index (κ2) is 9.03. The van der Waals surface area contributed by atoms with Crippen LogP contribution in [0.3, 0.4) is 0 Å². The average molecular weight is 402 g/mol. The van der Waals surface area contributed by atoms with Gasteiger partial charge in [0.25, 0.3) is 0 Å². The molecule has 8 nitrogen and oxygen atoms in total. The smallest absolute Gasteiger partial charge is 0.341 e. The molecule has 3 rings (SSSR count). The van der Waals surface area contributed by atoms with E-state index in [1.54, 1.807) is 0 Å². The van der Waals surface area contributed by atoms with E-state index in [0.29, 0.717) is 52.6 Å². The van der Waals surface area contributed by atoms with E-state index in [9.17, 15) is 9.59 Å². The Balaban J connectivity index is 2.08. The van der Waals surface area contributed by atoms with E-state index >= 15 is 0 Å². The lowest BCUT2D eigenvalue weighted by Crippen LogP contribution is -2.39. The summed E-state index contributed by atoms with van der Waals surface area (Å²) in [6, 6.07) is 0. The lowest BCUT2D eigenvalue weighted by molar-refractivity contribution is -0.139. The Morgan fingerprint density at radius 2 is 1.12 bits per heavy atom. The minimum absolute atomic E-state index is 0.270. The molecule has 0 aromatic rings. The number of esters is 2. The van der Waals surface area contributed by atoms with Gasteiger partial charge in [-0.25, -0.2) is 9.59 Å². The van der Waals surface area contributed by atoms with E-state index in [4.69, 9.17) is 18.9 Å². The first kappa shape index (κ1) is 19.4. The van der Waals surface area contributed by atoms with Crippen LogP contribution in [0.5, 0.6) is 0 Å². The maximum Gasteiger partial charge on any atom is 0.341 e. The van der Waals surface area contributed by atoms with E-state index in [-0.39, 0.29) is 11.1 Å². The Morgan fingerprint density at radius 1 is 0.769 bits per heavy atom. The van der Waals surface area contributed by atoms with E-state index in [0.717, 1.165) is 10.1 Å². The first-order valence-electron chi connectivity index (χ1n) is 8.32. The summed E-state index contributed by atoms with van der Waals surface area (Å²) in [6.07, 6.45) is 0. The van der Waals surface area contributed by atoms with Gasteiger partial charge in [-0.3, -0.25) is 0 Å². The molecule has 0 spiro atoms. The molecule has 3 aliphatic rings. The van der Waals surface area contributed by atoms with E-state index < -0.39 is 11.9 Å². The highest BCUT2D eigenvalue weighted by atomic mass is 33.1. The van der Waals surface area contributed by atoms with Gasteiger partial charge in [-0.1, -0.05) is 0 Å². The fraction of sp³-hybridized carbons (Fsp3) is 0.625. The number of carbonyl (C=O) groups is 2. The normalized spacial score (nSPS) is 21.8. The molecule has 2 saturated heterocycles. The molecule has 0 bridgehead atoms. The second-order valence-corrected chi connectivity index (χ2v) is 7.82. The average Bonchev–Trinajstić information content (AvgIpc) is 2.72. The number of nitrogens with zero attached hydrogens (tertiary/aromatic N) is 2. The van der Waals surface area contributed by atoms with Gasteiger partial charge in [0.05, 0.1) is 50.7 Å². The first-order valence-corrected chi connectivity index (χ1v) is 10.5. The van der Waals surface area contributed by atoms with Crippen LogP contribution in [0, 0.1) is 0 Å². The Hall–Kier alpha value is -1.36. The number of ether oxygens (including phenoxy) is 4. The number of methoxy groups -OCH3 is 2. The van der Waals surface area contributed by atoms with Crippen LogP contribution in [0.25, 0.3) is 0 Å². The Bertz CT molecular complexity index is 570. The lowest BCUT2D eigenvalue weighted by atomic mass is 10.1. The molecule has 0 N–H and O–H groups in total. The molecule has 0 aromatic heterocycles. The third-order valence-electron chi connectivity index (χ3n) is 4.25. The molecule has 3 aliphatic heterocycles. The molecule has 0 radical (unpaired) electrons. The van der Waals surface area contributed by atoms with Crippen molar-refractivity contribution in [2.45, 2.75) is 0 Å². The van der Waals surface area contributed by atoms with Crippen LogP contribution in [0.1, 0.15) is 0 Å². The lowest BCUT2D eigenvalue weighted by Gasteiger charge is -2.37. The van der Waals surface area contributed by atoms with Gasteiger partial charge in [-0.2, -0.15) is 0 Å². The highest BCUT2D eigenvalue weighted by molar-refractivity contribution is 8.79. The van der Waals surface area contributed by atoms with Crippen LogP contribution in [-0.2, 0) is 28.5 Å². The van der Waals surface area contributed by atoms with Gasteiger partial charge in [0, 0.05) is 26.2 Å². The van der Waals surface area contributed by atoms with Crippen molar-refractivity contribution in [3.8, 4) is 0 Å². The van der Waals surface area contributed by atoms with Gasteiger partial charge in [0.15, 0.2) is 0 Å². The van der Waals surface area contributed by atoms with E-state index in [1.165, 1.54) is 35.8 Å². The zero-order valence-corrected chi connectivity index (χ0v) is 16.5. The monoisotopic (exact) mass is 402 g/mol. The maximum absolute atomic E-state index is 12.6. The molecule has 2 fully saturated rings.